The average Bonchev–Trinajstić information content (AvgIpc) is 3.21. The maximum absolute atomic E-state index is 11.3. The molecule has 16 heteroatoms. The van der Waals surface area contributed by atoms with Gasteiger partial charge in [0.2, 0.25) is 0 Å². The van der Waals surface area contributed by atoms with Crippen LogP contribution in [0.4, 0.5) is 5.82 Å². The number of fused-ring (bicyclic) bond motifs is 1. The summed E-state index contributed by atoms with van der Waals surface area (Å²) in [5.41, 5.74) is 0.163. The topological polar surface area (TPSA) is 226 Å². The van der Waals surface area contributed by atoms with Crippen LogP contribution in [0.2, 0.25) is 0 Å². The molecule has 0 spiro atoms. The molecule has 0 radical (unpaired) electrons. The zero-order valence-corrected chi connectivity index (χ0v) is 16.9. The number of aromatic nitrogens is 4. The Hall–Kier alpha value is -2.68. The van der Waals surface area contributed by atoms with Gasteiger partial charge in [0.1, 0.15) is 30.7 Å². The van der Waals surface area contributed by atoms with Crippen molar-refractivity contribution in [3.8, 4) is 0 Å². The number of hydrogen-bond donors (Lipinski definition) is 6. The van der Waals surface area contributed by atoms with E-state index < -0.39 is 63.1 Å². The number of nitrogens with one attached hydrogen (secondary N) is 1. The van der Waals surface area contributed by atoms with Crippen LogP contribution in [0, 0.1) is 0 Å². The second-order valence-corrected chi connectivity index (χ2v) is 8.69. The monoisotopic (exact) mass is 461 g/mol. The molecule has 0 aliphatic carbocycles. The Kier molecular flexibility index (Phi) is 6.54. The van der Waals surface area contributed by atoms with Crippen molar-refractivity contribution >= 4 is 36.5 Å². The molecule has 1 saturated heterocycles. The number of anilines is 1. The van der Waals surface area contributed by atoms with Gasteiger partial charge < -0.3 is 39.9 Å². The van der Waals surface area contributed by atoms with E-state index >= 15 is 0 Å². The summed E-state index contributed by atoms with van der Waals surface area (Å²) in [6, 6.07) is -1.49. The lowest BCUT2D eigenvalue weighted by Crippen LogP contribution is -2.33. The smallest absolute Gasteiger partial charge is 0.326 e. The summed E-state index contributed by atoms with van der Waals surface area (Å²) in [5, 5.41) is 41.1. The number of carbonyl (C=O) groups is 2. The third-order valence-corrected chi connectivity index (χ3v) is 5.06. The van der Waals surface area contributed by atoms with Crippen LogP contribution in [0.5, 0.6) is 0 Å². The summed E-state index contributed by atoms with van der Waals surface area (Å²) in [4.78, 5) is 43.4. The quantitative estimate of drug-likeness (QED) is 0.237. The lowest BCUT2D eigenvalue weighted by molar-refractivity contribution is -0.144. The van der Waals surface area contributed by atoms with Crippen LogP contribution in [0.15, 0.2) is 12.7 Å². The van der Waals surface area contributed by atoms with Gasteiger partial charge in [0.15, 0.2) is 23.2 Å². The molecule has 1 aliphatic heterocycles. The minimum atomic E-state index is -3.83. The summed E-state index contributed by atoms with van der Waals surface area (Å²) < 4.78 is 22.9. The van der Waals surface area contributed by atoms with Crippen LogP contribution >= 0.6 is 7.60 Å². The van der Waals surface area contributed by atoms with Crippen LogP contribution in [-0.4, -0.2) is 94.4 Å². The second-order valence-electron chi connectivity index (χ2n) is 6.82. The maximum Gasteiger partial charge on any atom is 0.326 e. The molecular weight excluding hydrogens is 441 g/mol. The Morgan fingerprint density at radius 2 is 2.00 bits per heavy atom. The molecule has 1 fully saturated rings. The Balaban J connectivity index is 1.86. The van der Waals surface area contributed by atoms with E-state index in [1.165, 1.54) is 10.9 Å². The van der Waals surface area contributed by atoms with Crippen molar-refractivity contribution in [3.63, 3.8) is 0 Å². The van der Waals surface area contributed by atoms with Gasteiger partial charge in [-0.05, 0) is 0 Å². The number of aliphatic hydroxyl groups excluding tert-OH is 2. The van der Waals surface area contributed by atoms with Crippen molar-refractivity contribution in [1.82, 2.24) is 19.5 Å². The summed E-state index contributed by atoms with van der Waals surface area (Å²) in [7, 11) is -3.83. The number of rotatable bonds is 9. The molecule has 2 aromatic heterocycles. The van der Waals surface area contributed by atoms with E-state index in [0.29, 0.717) is 0 Å². The SMILES string of the molecule is CP(=O)(O)OCC1O[C@H](n2cnc3c(N[C@@H](CC(=O)O)C(=O)O)ncnc32)[C@@H](O)[C@H]1O. The first-order chi connectivity index (χ1) is 14.5. The first-order valence-corrected chi connectivity index (χ1v) is 10.9. The molecule has 15 nitrogen and oxygen atoms in total. The van der Waals surface area contributed by atoms with Crippen molar-refractivity contribution in [2.24, 2.45) is 0 Å². The van der Waals surface area contributed by atoms with E-state index in [1.54, 1.807) is 0 Å². The summed E-state index contributed by atoms with van der Waals surface area (Å²) in [6.45, 7) is 0.509. The van der Waals surface area contributed by atoms with Gasteiger partial charge in [0.25, 0.3) is 0 Å². The number of carboxylic acids is 2. The molecule has 1 aliphatic rings. The number of aliphatic hydroxyl groups is 2. The molecule has 0 bridgehead atoms. The molecule has 6 N–H and O–H groups in total. The predicted octanol–water partition coefficient (Wildman–Crippen LogP) is -1.38. The Bertz CT molecular complexity index is 1020. The van der Waals surface area contributed by atoms with Crippen molar-refractivity contribution in [2.75, 3.05) is 18.6 Å². The highest BCUT2D eigenvalue weighted by Gasteiger charge is 2.45. The highest BCUT2D eigenvalue weighted by atomic mass is 31.2. The normalized spacial score (nSPS) is 26.5. The number of aliphatic carboxylic acids is 2. The van der Waals surface area contributed by atoms with E-state index in [0.717, 1.165) is 13.0 Å². The molecule has 3 rings (SSSR count). The predicted molar refractivity (Wildman–Crippen MR) is 100 cm³/mol. The average molecular weight is 461 g/mol. The Morgan fingerprint density at radius 3 is 2.61 bits per heavy atom. The van der Waals surface area contributed by atoms with Gasteiger partial charge in [-0.15, -0.1) is 0 Å². The van der Waals surface area contributed by atoms with Gasteiger partial charge in [-0.3, -0.25) is 13.9 Å². The van der Waals surface area contributed by atoms with Gasteiger partial charge in [0, 0.05) is 6.66 Å². The van der Waals surface area contributed by atoms with E-state index in [9.17, 15) is 34.4 Å². The number of hydrogen-bond acceptors (Lipinski definition) is 11. The molecule has 170 valence electrons. The number of nitrogens with zero attached hydrogens (tertiary/aromatic N) is 4. The van der Waals surface area contributed by atoms with E-state index in [-0.39, 0.29) is 17.0 Å². The van der Waals surface area contributed by atoms with E-state index in [1.807, 2.05) is 0 Å². The van der Waals surface area contributed by atoms with Crippen LogP contribution in [0.25, 0.3) is 11.2 Å². The Morgan fingerprint density at radius 1 is 1.29 bits per heavy atom. The largest absolute Gasteiger partial charge is 0.481 e. The third-order valence-electron chi connectivity index (χ3n) is 4.44. The minimum Gasteiger partial charge on any atom is -0.481 e. The van der Waals surface area contributed by atoms with Crippen LogP contribution in [-0.2, 0) is 23.4 Å². The minimum absolute atomic E-state index is 0.0579. The lowest BCUT2D eigenvalue weighted by atomic mass is 10.1. The highest BCUT2D eigenvalue weighted by molar-refractivity contribution is 7.51. The summed E-state index contributed by atoms with van der Waals surface area (Å²) in [6.07, 6.45) is -3.67. The van der Waals surface area contributed by atoms with Gasteiger partial charge >= 0.3 is 19.5 Å². The molecule has 2 aromatic rings. The first kappa shape index (κ1) is 23.0. The number of carboxylic acid groups (broad SMARTS) is 2. The van der Waals surface area contributed by atoms with Crippen molar-refractivity contribution in [2.45, 2.75) is 37.0 Å². The lowest BCUT2D eigenvalue weighted by Gasteiger charge is -2.17. The highest BCUT2D eigenvalue weighted by Crippen LogP contribution is 2.39. The molecule has 2 unspecified atom stereocenters. The maximum atomic E-state index is 11.3. The third kappa shape index (κ3) is 5.15. The van der Waals surface area contributed by atoms with Crippen molar-refractivity contribution < 1.29 is 48.7 Å². The second kappa shape index (κ2) is 8.82. The van der Waals surface area contributed by atoms with E-state index in [2.05, 4.69) is 20.3 Å². The van der Waals surface area contributed by atoms with Gasteiger partial charge in [-0.2, -0.15) is 0 Å². The van der Waals surface area contributed by atoms with Crippen molar-refractivity contribution in [3.05, 3.63) is 12.7 Å². The summed E-state index contributed by atoms with van der Waals surface area (Å²) in [5.74, 6) is -2.80. The number of ether oxygens (including phenoxy) is 1. The van der Waals surface area contributed by atoms with Crippen LogP contribution < -0.4 is 5.32 Å². The zero-order chi connectivity index (χ0) is 22.9. The molecule has 3 heterocycles. The standard InChI is InChI=1S/C15H20N5O10P/c1-31(27,28)29-3-7-10(23)11(24)14(30-7)20-5-18-9-12(16-4-17-13(9)20)19-6(15(25)26)2-8(21)22/h4-7,10-11,14,23-24H,2-3H2,1H3,(H,21,22)(H,25,26)(H,27,28)(H,16,17,19)/t6-,7?,10-,11-,14-/m0/s1. The van der Waals surface area contributed by atoms with E-state index in [4.69, 9.17) is 14.4 Å². The zero-order valence-electron chi connectivity index (χ0n) is 16.0. The molecule has 0 saturated carbocycles. The van der Waals surface area contributed by atoms with Crippen molar-refractivity contribution in [1.29, 1.82) is 0 Å². The fraction of sp³-hybridized carbons (Fsp3) is 0.533. The molecule has 0 aromatic carbocycles. The fourth-order valence-corrected chi connectivity index (χ4v) is 3.42. The molecule has 6 atom stereocenters. The molecule has 31 heavy (non-hydrogen) atoms. The van der Waals surface area contributed by atoms with Gasteiger partial charge in [-0.25, -0.2) is 19.7 Å². The van der Waals surface area contributed by atoms with Crippen LogP contribution in [0.3, 0.4) is 0 Å². The number of imidazole rings is 1. The molecule has 0 amide bonds. The van der Waals surface area contributed by atoms with Crippen LogP contribution in [0.1, 0.15) is 12.6 Å². The van der Waals surface area contributed by atoms with Gasteiger partial charge in [-0.1, -0.05) is 0 Å². The summed E-state index contributed by atoms with van der Waals surface area (Å²) >= 11 is 0. The fourth-order valence-electron chi connectivity index (χ4n) is 2.99. The first-order valence-electron chi connectivity index (χ1n) is 8.83. The molecular formula is C15H20N5O10P. The Labute approximate surface area is 173 Å². The van der Waals surface area contributed by atoms with Gasteiger partial charge in [0.05, 0.1) is 19.4 Å².